The molecule has 0 unspecified atom stereocenters. The molecule has 1 N–H and O–H groups in total. The van der Waals surface area contributed by atoms with Gasteiger partial charge in [0.2, 0.25) is 5.91 Å². The highest BCUT2D eigenvalue weighted by atomic mass is 79.9. The Kier molecular flexibility index (Phi) is 6.91. The predicted octanol–water partition coefficient (Wildman–Crippen LogP) is 3.01. The van der Waals surface area contributed by atoms with Gasteiger partial charge in [-0.25, -0.2) is 4.79 Å². The van der Waals surface area contributed by atoms with Crippen LogP contribution in [0.1, 0.15) is 15.9 Å². The van der Waals surface area contributed by atoms with Crippen molar-refractivity contribution in [2.45, 2.75) is 6.92 Å². The van der Waals surface area contributed by atoms with Gasteiger partial charge in [-0.2, -0.15) is 0 Å². The van der Waals surface area contributed by atoms with Crippen LogP contribution in [0.4, 0.5) is 5.69 Å². The maximum atomic E-state index is 12.0. The molecule has 0 saturated heterocycles. The third kappa shape index (κ3) is 6.00. The van der Waals surface area contributed by atoms with Crippen LogP contribution in [0.25, 0.3) is 0 Å². The molecule has 2 amide bonds. The Bertz CT molecular complexity index is 788. The van der Waals surface area contributed by atoms with Gasteiger partial charge >= 0.3 is 5.97 Å². The number of anilines is 1. The van der Waals surface area contributed by atoms with E-state index in [4.69, 9.17) is 4.74 Å². The lowest BCUT2D eigenvalue weighted by molar-refractivity contribution is -0.136. The van der Waals surface area contributed by atoms with Crippen molar-refractivity contribution < 1.29 is 19.1 Å². The molecule has 2 aromatic carbocycles. The molecule has 0 saturated carbocycles. The lowest BCUT2D eigenvalue weighted by Crippen LogP contribution is -2.37. The van der Waals surface area contributed by atoms with Crippen LogP contribution in [-0.2, 0) is 14.3 Å². The Balaban J connectivity index is 1.79. The fraction of sp³-hybridized carbons (Fsp3) is 0.211. The zero-order chi connectivity index (χ0) is 19.1. The first-order valence-corrected chi connectivity index (χ1v) is 8.67. The Morgan fingerprint density at radius 3 is 2.27 bits per heavy atom. The minimum Gasteiger partial charge on any atom is -0.452 e. The summed E-state index contributed by atoms with van der Waals surface area (Å²) in [6.45, 7) is 1.39. The second-order valence-corrected chi connectivity index (χ2v) is 6.66. The first-order chi connectivity index (χ1) is 12.3. The molecule has 2 aromatic rings. The van der Waals surface area contributed by atoms with Gasteiger partial charge in [-0.05, 0) is 43.3 Å². The van der Waals surface area contributed by atoms with Crippen LogP contribution in [0.5, 0.6) is 0 Å². The van der Waals surface area contributed by atoms with E-state index in [1.807, 2.05) is 19.1 Å². The van der Waals surface area contributed by atoms with Crippen LogP contribution in [-0.4, -0.2) is 42.9 Å². The van der Waals surface area contributed by atoms with Gasteiger partial charge in [0.1, 0.15) is 0 Å². The standard InChI is InChI=1S/C19H19BrN2O4/c1-13-3-9-16(10-4-13)21-17(23)11-22(2)18(24)12-26-19(25)14-5-7-15(20)8-6-14/h3-10H,11-12H2,1-2H3,(H,21,23). The maximum absolute atomic E-state index is 12.0. The maximum Gasteiger partial charge on any atom is 0.338 e. The molecule has 0 aliphatic heterocycles. The van der Waals surface area contributed by atoms with Crippen molar-refractivity contribution in [3.63, 3.8) is 0 Å². The van der Waals surface area contributed by atoms with E-state index < -0.39 is 18.5 Å². The number of carbonyl (C=O) groups is 3. The van der Waals surface area contributed by atoms with Crippen LogP contribution in [0, 0.1) is 6.92 Å². The number of hydrogen-bond acceptors (Lipinski definition) is 4. The number of likely N-dealkylation sites (N-methyl/N-ethyl adjacent to an activating group) is 1. The van der Waals surface area contributed by atoms with Crippen molar-refractivity contribution in [3.05, 3.63) is 64.1 Å². The van der Waals surface area contributed by atoms with E-state index in [-0.39, 0.29) is 12.5 Å². The van der Waals surface area contributed by atoms with Crippen LogP contribution < -0.4 is 5.32 Å². The number of rotatable bonds is 6. The highest BCUT2D eigenvalue weighted by molar-refractivity contribution is 9.10. The summed E-state index contributed by atoms with van der Waals surface area (Å²) in [6.07, 6.45) is 0. The number of nitrogens with zero attached hydrogens (tertiary/aromatic N) is 1. The summed E-state index contributed by atoms with van der Waals surface area (Å²) < 4.78 is 5.82. The van der Waals surface area contributed by atoms with Gasteiger partial charge in [0.15, 0.2) is 6.61 Å². The second kappa shape index (κ2) is 9.15. The zero-order valence-electron chi connectivity index (χ0n) is 14.5. The van der Waals surface area contributed by atoms with E-state index in [1.165, 1.54) is 11.9 Å². The van der Waals surface area contributed by atoms with Gasteiger partial charge in [-0.3, -0.25) is 9.59 Å². The summed E-state index contributed by atoms with van der Waals surface area (Å²) in [5.41, 5.74) is 2.09. The van der Waals surface area contributed by atoms with Crippen molar-refractivity contribution >= 4 is 39.4 Å². The predicted molar refractivity (Wildman–Crippen MR) is 102 cm³/mol. The quantitative estimate of drug-likeness (QED) is 0.731. The Labute approximate surface area is 160 Å². The van der Waals surface area contributed by atoms with Crippen molar-refractivity contribution in [2.75, 3.05) is 25.5 Å². The topological polar surface area (TPSA) is 75.7 Å². The molecular formula is C19H19BrN2O4. The SMILES string of the molecule is Cc1ccc(NC(=O)CN(C)C(=O)COC(=O)c2ccc(Br)cc2)cc1. The van der Waals surface area contributed by atoms with Crippen LogP contribution >= 0.6 is 15.9 Å². The Morgan fingerprint density at radius 1 is 1.04 bits per heavy atom. The summed E-state index contributed by atoms with van der Waals surface area (Å²) >= 11 is 3.28. The molecule has 0 fully saturated rings. The molecule has 0 bridgehead atoms. The van der Waals surface area contributed by atoms with Crippen LogP contribution in [0.3, 0.4) is 0 Å². The molecule has 0 aliphatic rings. The summed E-state index contributed by atoms with van der Waals surface area (Å²) in [5.74, 6) is -1.39. The summed E-state index contributed by atoms with van der Waals surface area (Å²) in [7, 11) is 1.48. The normalized spacial score (nSPS) is 10.1. The van der Waals surface area contributed by atoms with Crippen LogP contribution in [0.15, 0.2) is 53.0 Å². The largest absolute Gasteiger partial charge is 0.452 e. The van der Waals surface area contributed by atoms with Gasteiger partial charge in [0, 0.05) is 17.2 Å². The number of amides is 2. The highest BCUT2D eigenvalue weighted by Crippen LogP contribution is 2.11. The van der Waals surface area contributed by atoms with Crippen molar-refractivity contribution in [2.24, 2.45) is 0 Å². The first-order valence-electron chi connectivity index (χ1n) is 7.88. The number of aryl methyl sites for hydroxylation is 1. The third-order valence-electron chi connectivity index (χ3n) is 3.55. The average Bonchev–Trinajstić information content (AvgIpc) is 2.61. The smallest absolute Gasteiger partial charge is 0.338 e. The van der Waals surface area contributed by atoms with E-state index in [0.29, 0.717) is 11.3 Å². The summed E-state index contributed by atoms with van der Waals surface area (Å²) in [5, 5.41) is 2.71. The first kappa shape index (κ1) is 19.7. The Morgan fingerprint density at radius 2 is 1.65 bits per heavy atom. The summed E-state index contributed by atoms with van der Waals surface area (Å²) in [4.78, 5) is 37.1. The van der Waals surface area contributed by atoms with E-state index in [1.54, 1.807) is 36.4 Å². The van der Waals surface area contributed by atoms with Gasteiger partial charge < -0.3 is 15.0 Å². The fourth-order valence-corrected chi connectivity index (χ4v) is 2.31. The van der Waals surface area contributed by atoms with Crippen molar-refractivity contribution in [3.8, 4) is 0 Å². The minimum atomic E-state index is -0.594. The fourth-order valence-electron chi connectivity index (χ4n) is 2.05. The molecule has 7 heteroatoms. The molecule has 0 spiro atoms. The number of esters is 1. The molecule has 136 valence electrons. The second-order valence-electron chi connectivity index (χ2n) is 5.75. The monoisotopic (exact) mass is 418 g/mol. The third-order valence-corrected chi connectivity index (χ3v) is 4.08. The lowest BCUT2D eigenvalue weighted by Gasteiger charge is -2.17. The average molecular weight is 419 g/mol. The molecule has 0 aliphatic carbocycles. The van der Waals surface area contributed by atoms with E-state index in [2.05, 4.69) is 21.2 Å². The van der Waals surface area contributed by atoms with Crippen molar-refractivity contribution in [1.29, 1.82) is 0 Å². The summed E-state index contributed by atoms with van der Waals surface area (Å²) in [6, 6.07) is 13.9. The van der Waals surface area contributed by atoms with Gasteiger partial charge in [0.25, 0.3) is 5.91 Å². The zero-order valence-corrected chi connectivity index (χ0v) is 16.1. The number of halogens is 1. The van der Waals surface area contributed by atoms with Gasteiger partial charge in [-0.15, -0.1) is 0 Å². The number of ether oxygens (including phenoxy) is 1. The highest BCUT2D eigenvalue weighted by Gasteiger charge is 2.16. The molecule has 6 nitrogen and oxygen atoms in total. The molecule has 26 heavy (non-hydrogen) atoms. The Hall–Kier alpha value is -2.67. The lowest BCUT2D eigenvalue weighted by atomic mass is 10.2. The number of benzene rings is 2. The van der Waals surface area contributed by atoms with Gasteiger partial charge in [0.05, 0.1) is 12.1 Å². The molecule has 0 atom stereocenters. The number of nitrogens with one attached hydrogen (secondary N) is 1. The van der Waals surface area contributed by atoms with E-state index in [0.717, 1.165) is 10.0 Å². The molecule has 0 heterocycles. The van der Waals surface area contributed by atoms with E-state index >= 15 is 0 Å². The van der Waals surface area contributed by atoms with Crippen LogP contribution in [0.2, 0.25) is 0 Å². The molecule has 2 rings (SSSR count). The number of carbonyl (C=O) groups excluding carboxylic acids is 3. The molecular weight excluding hydrogens is 400 g/mol. The minimum absolute atomic E-state index is 0.136. The van der Waals surface area contributed by atoms with Crippen molar-refractivity contribution in [1.82, 2.24) is 4.90 Å². The molecule has 0 radical (unpaired) electrons. The van der Waals surface area contributed by atoms with Gasteiger partial charge in [-0.1, -0.05) is 33.6 Å². The molecule has 0 aromatic heterocycles. The van der Waals surface area contributed by atoms with E-state index in [9.17, 15) is 14.4 Å². The number of hydrogen-bond donors (Lipinski definition) is 1.